The lowest BCUT2D eigenvalue weighted by Gasteiger charge is -2.23. The second-order valence-electron chi connectivity index (χ2n) is 4.69. The van der Waals surface area contributed by atoms with Crippen LogP contribution in [-0.2, 0) is 0 Å². The van der Waals surface area contributed by atoms with Crippen LogP contribution in [0.25, 0.3) is 0 Å². The SMILES string of the molecule is C#CC(CC)NC(c1ccccc1)c1ccc(F)cc1. The first-order chi connectivity index (χ1) is 9.74. The summed E-state index contributed by atoms with van der Waals surface area (Å²) < 4.78 is 13.1. The summed E-state index contributed by atoms with van der Waals surface area (Å²) in [6, 6.07) is 16.6. The van der Waals surface area contributed by atoms with Crippen LogP contribution in [0.3, 0.4) is 0 Å². The van der Waals surface area contributed by atoms with Gasteiger partial charge in [0.2, 0.25) is 0 Å². The molecule has 0 amide bonds. The number of nitrogens with one attached hydrogen (secondary N) is 1. The van der Waals surface area contributed by atoms with Crippen molar-refractivity contribution in [3.05, 3.63) is 71.5 Å². The molecule has 1 nitrogen and oxygen atoms in total. The summed E-state index contributed by atoms with van der Waals surface area (Å²) >= 11 is 0. The Morgan fingerprint density at radius 1 is 1.05 bits per heavy atom. The van der Waals surface area contributed by atoms with Gasteiger partial charge in [-0.3, -0.25) is 5.32 Å². The number of terminal acetylenes is 1. The highest BCUT2D eigenvalue weighted by Gasteiger charge is 2.16. The van der Waals surface area contributed by atoms with Gasteiger partial charge in [-0.15, -0.1) is 6.42 Å². The van der Waals surface area contributed by atoms with Gasteiger partial charge in [0.05, 0.1) is 12.1 Å². The fourth-order valence-electron chi connectivity index (χ4n) is 2.17. The molecular formula is C18H18FN. The van der Waals surface area contributed by atoms with Crippen LogP contribution in [0.2, 0.25) is 0 Å². The third-order valence-corrected chi connectivity index (χ3v) is 3.31. The van der Waals surface area contributed by atoms with E-state index in [1.165, 1.54) is 12.1 Å². The largest absolute Gasteiger partial charge is 0.293 e. The molecule has 0 aliphatic heterocycles. The minimum absolute atomic E-state index is 0.00902. The van der Waals surface area contributed by atoms with Crippen molar-refractivity contribution in [1.29, 1.82) is 0 Å². The van der Waals surface area contributed by atoms with E-state index in [9.17, 15) is 4.39 Å². The zero-order valence-electron chi connectivity index (χ0n) is 11.5. The van der Waals surface area contributed by atoms with Crippen molar-refractivity contribution >= 4 is 0 Å². The Labute approximate surface area is 119 Å². The predicted octanol–water partition coefficient (Wildman–Crippen LogP) is 3.92. The molecule has 0 aliphatic rings. The number of hydrogen-bond acceptors (Lipinski definition) is 1. The highest BCUT2D eigenvalue weighted by molar-refractivity contribution is 5.32. The maximum Gasteiger partial charge on any atom is 0.123 e. The number of rotatable bonds is 5. The molecule has 0 radical (unpaired) electrons. The van der Waals surface area contributed by atoms with Crippen molar-refractivity contribution in [1.82, 2.24) is 5.32 Å². The Balaban J connectivity index is 2.34. The van der Waals surface area contributed by atoms with Crippen LogP contribution >= 0.6 is 0 Å². The molecule has 0 bridgehead atoms. The average Bonchev–Trinajstić information content (AvgIpc) is 2.51. The van der Waals surface area contributed by atoms with Gasteiger partial charge in [-0.05, 0) is 29.7 Å². The zero-order chi connectivity index (χ0) is 14.4. The molecule has 0 saturated carbocycles. The van der Waals surface area contributed by atoms with Gasteiger partial charge in [0, 0.05) is 0 Å². The van der Waals surface area contributed by atoms with Gasteiger partial charge in [-0.25, -0.2) is 4.39 Å². The molecule has 2 aromatic rings. The Hall–Kier alpha value is -2.11. The van der Waals surface area contributed by atoms with Gasteiger partial charge in [-0.2, -0.15) is 0 Å². The highest BCUT2D eigenvalue weighted by Crippen LogP contribution is 2.23. The Morgan fingerprint density at radius 3 is 2.20 bits per heavy atom. The van der Waals surface area contributed by atoms with E-state index in [2.05, 4.69) is 11.2 Å². The first kappa shape index (κ1) is 14.3. The summed E-state index contributed by atoms with van der Waals surface area (Å²) in [4.78, 5) is 0. The number of hydrogen-bond donors (Lipinski definition) is 1. The monoisotopic (exact) mass is 267 g/mol. The molecule has 20 heavy (non-hydrogen) atoms. The van der Waals surface area contributed by atoms with Gasteiger partial charge >= 0.3 is 0 Å². The van der Waals surface area contributed by atoms with E-state index in [-0.39, 0.29) is 17.9 Å². The minimum Gasteiger partial charge on any atom is -0.293 e. The molecular weight excluding hydrogens is 249 g/mol. The third kappa shape index (κ3) is 3.46. The summed E-state index contributed by atoms with van der Waals surface area (Å²) in [7, 11) is 0. The topological polar surface area (TPSA) is 12.0 Å². The molecule has 0 aromatic heterocycles. The Bertz CT molecular complexity index is 569. The fraction of sp³-hybridized carbons (Fsp3) is 0.222. The lowest BCUT2D eigenvalue weighted by molar-refractivity contribution is 0.533. The summed E-state index contributed by atoms with van der Waals surface area (Å²) in [6.45, 7) is 2.05. The van der Waals surface area contributed by atoms with Crippen molar-refractivity contribution in [2.24, 2.45) is 0 Å². The molecule has 0 saturated heterocycles. The van der Waals surface area contributed by atoms with Crippen LogP contribution in [0.5, 0.6) is 0 Å². The molecule has 2 heteroatoms. The summed E-state index contributed by atoms with van der Waals surface area (Å²) in [6.07, 6.45) is 6.39. The zero-order valence-corrected chi connectivity index (χ0v) is 11.5. The van der Waals surface area contributed by atoms with Crippen molar-refractivity contribution in [2.75, 3.05) is 0 Å². The van der Waals surface area contributed by atoms with Gasteiger partial charge in [0.1, 0.15) is 5.82 Å². The van der Waals surface area contributed by atoms with Gasteiger partial charge in [0.15, 0.2) is 0 Å². The molecule has 2 atom stereocenters. The number of halogens is 1. The van der Waals surface area contributed by atoms with E-state index >= 15 is 0 Å². The first-order valence-electron chi connectivity index (χ1n) is 6.77. The predicted molar refractivity (Wildman–Crippen MR) is 80.7 cm³/mol. The maximum absolute atomic E-state index is 13.1. The van der Waals surface area contributed by atoms with Crippen molar-refractivity contribution < 1.29 is 4.39 Å². The van der Waals surface area contributed by atoms with Gasteiger partial charge in [-0.1, -0.05) is 55.3 Å². The Kier molecular flexibility index (Phi) is 4.92. The molecule has 102 valence electrons. The molecule has 1 N–H and O–H groups in total. The lowest BCUT2D eigenvalue weighted by atomic mass is 9.97. The summed E-state index contributed by atoms with van der Waals surface area (Å²) in [5.41, 5.74) is 2.12. The molecule has 0 heterocycles. The standard InChI is InChI=1S/C18H18FN/c1-3-17(4-2)20-18(14-8-6-5-7-9-14)15-10-12-16(19)13-11-15/h1,5-13,17-18,20H,4H2,2H3. The van der Waals surface area contributed by atoms with E-state index in [4.69, 9.17) is 6.42 Å². The average molecular weight is 267 g/mol. The second-order valence-corrected chi connectivity index (χ2v) is 4.69. The number of benzene rings is 2. The molecule has 0 spiro atoms. The highest BCUT2D eigenvalue weighted by atomic mass is 19.1. The van der Waals surface area contributed by atoms with Gasteiger partial charge < -0.3 is 0 Å². The van der Waals surface area contributed by atoms with E-state index in [0.717, 1.165) is 17.5 Å². The summed E-state index contributed by atoms with van der Waals surface area (Å²) in [5.74, 6) is 2.52. The molecule has 0 aliphatic carbocycles. The second kappa shape index (κ2) is 6.88. The normalized spacial score (nSPS) is 13.4. The lowest BCUT2D eigenvalue weighted by Crippen LogP contribution is -2.31. The van der Waals surface area contributed by atoms with Gasteiger partial charge in [0.25, 0.3) is 0 Å². The molecule has 2 aromatic carbocycles. The molecule has 2 unspecified atom stereocenters. The first-order valence-corrected chi connectivity index (χ1v) is 6.77. The Morgan fingerprint density at radius 2 is 1.65 bits per heavy atom. The smallest absolute Gasteiger partial charge is 0.123 e. The fourth-order valence-corrected chi connectivity index (χ4v) is 2.17. The van der Waals surface area contributed by atoms with E-state index in [1.54, 1.807) is 12.1 Å². The third-order valence-electron chi connectivity index (χ3n) is 3.31. The van der Waals surface area contributed by atoms with Crippen LogP contribution in [0.4, 0.5) is 4.39 Å². The van der Waals surface area contributed by atoms with Crippen LogP contribution in [0.15, 0.2) is 54.6 Å². The summed E-state index contributed by atoms with van der Waals surface area (Å²) in [5, 5.41) is 3.45. The van der Waals surface area contributed by atoms with Crippen LogP contribution < -0.4 is 5.32 Å². The van der Waals surface area contributed by atoms with E-state index in [0.29, 0.717) is 0 Å². The van der Waals surface area contributed by atoms with Crippen LogP contribution in [0, 0.1) is 18.2 Å². The van der Waals surface area contributed by atoms with Crippen molar-refractivity contribution in [2.45, 2.75) is 25.4 Å². The minimum atomic E-state index is -0.232. The molecule has 2 rings (SSSR count). The van der Waals surface area contributed by atoms with Crippen molar-refractivity contribution in [3.63, 3.8) is 0 Å². The van der Waals surface area contributed by atoms with E-state index in [1.807, 2.05) is 37.3 Å². The van der Waals surface area contributed by atoms with Crippen molar-refractivity contribution in [3.8, 4) is 12.3 Å². The maximum atomic E-state index is 13.1. The van der Waals surface area contributed by atoms with E-state index < -0.39 is 0 Å². The molecule has 0 fully saturated rings. The van der Waals surface area contributed by atoms with Crippen LogP contribution in [0.1, 0.15) is 30.5 Å². The van der Waals surface area contributed by atoms with Crippen LogP contribution in [-0.4, -0.2) is 6.04 Å². The quantitative estimate of drug-likeness (QED) is 0.810.